The predicted octanol–water partition coefficient (Wildman–Crippen LogP) is 4.26. The standard InChI is InChI=1S/C14H17N5O2.C13H16N2S/c1-9-3-2-4-19(7-9)14(21)13(20)18-10-5-11-12(15-6-10)17-8-16-11;1-15-8-6-10(7-9-15)13-14-11-4-2-3-5-12(11)16-13/h5-6,8-9H,2-4,7H2,1H3,(H,18,20)(H,15,16,17);2-5,10H,6-9H2,1H3. The van der Waals surface area contributed by atoms with E-state index in [0.29, 0.717) is 41.8 Å². The van der Waals surface area contributed by atoms with Crippen molar-refractivity contribution in [3.8, 4) is 0 Å². The van der Waals surface area contributed by atoms with Gasteiger partial charge in [0.15, 0.2) is 5.65 Å². The Bertz CT molecular complexity index is 1340. The van der Waals surface area contributed by atoms with Crippen molar-refractivity contribution in [2.75, 3.05) is 38.5 Å². The lowest BCUT2D eigenvalue weighted by Gasteiger charge is -2.30. The highest BCUT2D eigenvalue weighted by Crippen LogP contribution is 2.33. The summed E-state index contributed by atoms with van der Waals surface area (Å²) >= 11 is 1.88. The number of aromatic nitrogens is 4. The van der Waals surface area contributed by atoms with Crippen LogP contribution in [-0.2, 0) is 9.59 Å². The Morgan fingerprint density at radius 1 is 1.11 bits per heavy atom. The van der Waals surface area contributed by atoms with Crippen molar-refractivity contribution >= 4 is 50.2 Å². The number of pyridine rings is 1. The number of amides is 2. The third-order valence-corrected chi connectivity index (χ3v) is 8.25. The molecular formula is C27H33N7O2S. The molecule has 2 N–H and O–H groups in total. The van der Waals surface area contributed by atoms with Gasteiger partial charge in [-0.15, -0.1) is 11.3 Å². The van der Waals surface area contributed by atoms with E-state index in [0.717, 1.165) is 12.8 Å². The first-order chi connectivity index (χ1) is 18.0. The predicted molar refractivity (Wildman–Crippen MR) is 147 cm³/mol. The zero-order valence-electron chi connectivity index (χ0n) is 21.3. The largest absolute Gasteiger partial charge is 0.343 e. The number of thiazole rings is 1. The molecule has 2 amide bonds. The van der Waals surface area contributed by atoms with Gasteiger partial charge in [-0.25, -0.2) is 15.0 Å². The van der Waals surface area contributed by atoms with E-state index >= 15 is 0 Å². The van der Waals surface area contributed by atoms with Crippen LogP contribution in [0.4, 0.5) is 5.69 Å². The Morgan fingerprint density at radius 3 is 2.70 bits per heavy atom. The summed E-state index contributed by atoms with van der Waals surface area (Å²) in [4.78, 5) is 44.0. The molecule has 2 fully saturated rings. The molecule has 1 atom stereocenters. The number of anilines is 1. The number of aromatic amines is 1. The lowest BCUT2D eigenvalue weighted by molar-refractivity contribution is -0.144. The van der Waals surface area contributed by atoms with E-state index in [1.165, 1.54) is 53.7 Å². The van der Waals surface area contributed by atoms with Crippen LogP contribution in [-0.4, -0.2) is 74.8 Å². The van der Waals surface area contributed by atoms with Gasteiger partial charge in [0, 0.05) is 19.0 Å². The highest BCUT2D eigenvalue weighted by Gasteiger charge is 2.26. The fraction of sp³-hybridized carbons (Fsp3) is 0.444. The van der Waals surface area contributed by atoms with Crippen molar-refractivity contribution in [2.24, 2.45) is 5.92 Å². The number of para-hydroxylation sites is 1. The van der Waals surface area contributed by atoms with E-state index in [1.807, 2.05) is 11.3 Å². The van der Waals surface area contributed by atoms with Crippen molar-refractivity contribution in [3.63, 3.8) is 0 Å². The zero-order valence-corrected chi connectivity index (χ0v) is 22.1. The van der Waals surface area contributed by atoms with Crippen LogP contribution < -0.4 is 5.32 Å². The number of fused-ring (bicyclic) bond motifs is 2. The van der Waals surface area contributed by atoms with Crippen LogP contribution >= 0.6 is 11.3 Å². The van der Waals surface area contributed by atoms with E-state index in [1.54, 1.807) is 11.0 Å². The molecule has 4 aromatic rings. The number of H-pyrrole nitrogens is 1. The van der Waals surface area contributed by atoms with Gasteiger partial charge in [0.1, 0.15) is 0 Å². The Kier molecular flexibility index (Phi) is 7.76. The molecule has 1 unspecified atom stereocenters. The zero-order chi connectivity index (χ0) is 25.8. The smallest absolute Gasteiger partial charge is 0.313 e. The lowest BCUT2D eigenvalue weighted by Crippen LogP contribution is -2.44. The number of piperidine rings is 2. The first kappa shape index (κ1) is 25.3. The summed E-state index contributed by atoms with van der Waals surface area (Å²) in [6, 6.07) is 10.2. The maximum Gasteiger partial charge on any atom is 0.313 e. The SMILES string of the molecule is CC1CCCN(C(=O)C(=O)Nc2cnc3nc[nH]c3c2)C1.CN1CCC(c2nc3ccccc3s2)CC1. The van der Waals surface area contributed by atoms with Gasteiger partial charge in [0.25, 0.3) is 0 Å². The molecular weight excluding hydrogens is 486 g/mol. The molecule has 0 radical (unpaired) electrons. The van der Waals surface area contributed by atoms with Crippen LogP contribution in [0, 0.1) is 5.92 Å². The number of hydrogen-bond acceptors (Lipinski definition) is 7. The molecule has 2 aliphatic heterocycles. The molecule has 9 nitrogen and oxygen atoms in total. The Hall–Kier alpha value is -3.37. The first-order valence-corrected chi connectivity index (χ1v) is 13.7. The Balaban J connectivity index is 0.000000157. The van der Waals surface area contributed by atoms with Gasteiger partial charge < -0.3 is 20.1 Å². The highest BCUT2D eigenvalue weighted by molar-refractivity contribution is 7.18. The third-order valence-electron chi connectivity index (χ3n) is 7.05. The van der Waals surface area contributed by atoms with Crippen LogP contribution in [0.25, 0.3) is 21.4 Å². The van der Waals surface area contributed by atoms with Crippen molar-refractivity contribution in [2.45, 2.75) is 38.5 Å². The fourth-order valence-corrected chi connectivity index (χ4v) is 6.06. The van der Waals surface area contributed by atoms with E-state index < -0.39 is 11.8 Å². The quantitative estimate of drug-likeness (QED) is 0.383. The summed E-state index contributed by atoms with van der Waals surface area (Å²) in [7, 11) is 2.20. The van der Waals surface area contributed by atoms with Crippen LogP contribution in [0.3, 0.4) is 0 Å². The molecule has 3 aromatic heterocycles. The van der Waals surface area contributed by atoms with Gasteiger partial charge in [0.05, 0.1) is 39.0 Å². The molecule has 2 aliphatic rings. The number of imidazole rings is 1. The normalized spacial score (nSPS) is 19.0. The molecule has 0 spiro atoms. The minimum Gasteiger partial charge on any atom is -0.343 e. The summed E-state index contributed by atoms with van der Waals surface area (Å²) in [6.07, 6.45) is 7.59. The van der Waals surface area contributed by atoms with Gasteiger partial charge in [-0.1, -0.05) is 19.1 Å². The molecule has 6 rings (SSSR count). The van der Waals surface area contributed by atoms with Crippen molar-refractivity contribution in [1.29, 1.82) is 0 Å². The topological polar surface area (TPSA) is 107 Å². The van der Waals surface area contributed by atoms with Gasteiger partial charge in [0.2, 0.25) is 0 Å². The first-order valence-electron chi connectivity index (χ1n) is 12.9. The summed E-state index contributed by atoms with van der Waals surface area (Å²) in [6.45, 7) is 5.80. The molecule has 0 aliphatic carbocycles. The highest BCUT2D eigenvalue weighted by atomic mass is 32.1. The summed E-state index contributed by atoms with van der Waals surface area (Å²) in [5.41, 5.74) is 2.94. The number of benzene rings is 1. The molecule has 10 heteroatoms. The van der Waals surface area contributed by atoms with Gasteiger partial charge >= 0.3 is 11.8 Å². The minimum atomic E-state index is -0.621. The van der Waals surface area contributed by atoms with Crippen molar-refractivity contribution < 1.29 is 9.59 Å². The molecule has 37 heavy (non-hydrogen) atoms. The van der Waals surface area contributed by atoms with Gasteiger partial charge in [-0.3, -0.25) is 9.59 Å². The summed E-state index contributed by atoms with van der Waals surface area (Å²) < 4.78 is 1.33. The monoisotopic (exact) mass is 519 g/mol. The average molecular weight is 520 g/mol. The summed E-state index contributed by atoms with van der Waals surface area (Å²) in [5, 5.41) is 3.94. The molecule has 1 aromatic carbocycles. The second-order valence-electron chi connectivity index (χ2n) is 10.0. The maximum atomic E-state index is 12.1. The maximum absolute atomic E-state index is 12.1. The number of likely N-dealkylation sites (tertiary alicyclic amines) is 2. The van der Waals surface area contributed by atoms with E-state index in [9.17, 15) is 9.59 Å². The molecule has 0 bridgehead atoms. The number of nitrogens with one attached hydrogen (secondary N) is 2. The Labute approximate surface area is 220 Å². The van der Waals surface area contributed by atoms with Gasteiger partial charge in [-0.2, -0.15) is 0 Å². The van der Waals surface area contributed by atoms with Crippen LogP contribution in [0.15, 0.2) is 42.9 Å². The molecule has 0 saturated carbocycles. The van der Waals surface area contributed by atoms with E-state index in [-0.39, 0.29) is 0 Å². The number of nitrogens with zero attached hydrogens (tertiary/aromatic N) is 5. The number of carbonyl (C=O) groups is 2. The summed E-state index contributed by atoms with van der Waals surface area (Å²) in [5.74, 6) is 0.0307. The average Bonchev–Trinajstić information content (AvgIpc) is 3.56. The Morgan fingerprint density at radius 2 is 1.92 bits per heavy atom. The lowest BCUT2D eigenvalue weighted by atomic mass is 9.98. The number of hydrogen-bond donors (Lipinski definition) is 2. The van der Waals surface area contributed by atoms with Crippen LogP contribution in [0.5, 0.6) is 0 Å². The second kappa shape index (κ2) is 11.4. The van der Waals surface area contributed by atoms with Gasteiger partial charge in [-0.05, 0) is 69.9 Å². The fourth-order valence-electron chi connectivity index (χ4n) is 4.92. The molecule has 5 heterocycles. The molecule has 2 saturated heterocycles. The second-order valence-corrected chi connectivity index (χ2v) is 11.1. The number of rotatable bonds is 2. The number of carbonyl (C=O) groups excluding carboxylic acids is 2. The van der Waals surface area contributed by atoms with E-state index in [4.69, 9.17) is 4.98 Å². The third kappa shape index (κ3) is 6.14. The minimum absolute atomic E-state index is 0.443. The van der Waals surface area contributed by atoms with Crippen LogP contribution in [0.1, 0.15) is 43.5 Å². The van der Waals surface area contributed by atoms with E-state index in [2.05, 4.69) is 63.4 Å². The molecule has 194 valence electrons. The van der Waals surface area contributed by atoms with Crippen molar-refractivity contribution in [3.05, 3.63) is 47.9 Å². The van der Waals surface area contributed by atoms with Crippen LogP contribution in [0.2, 0.25) is 0 Å². The van der Waals surface area contributed by atoms with Crippen molar-refractivity contribution in [1.82, 2.24) is 29.7 Å².